The van der Waals surface area contributed by atoms with Crippen molar-refractivity contribution in [2.24, 2.45) is 0 Å². The highest BCUT2D eigenvalue weighted by atomic mass is 19.3. The second kappa shape index (κ2) is 7.63. The van der Waals surface area contributed by atoms with Gasteiger partial charge in [-0.1, -0.05) is 0 Å². The number of fused-ring (bicyclic) bond motifs is 1. The van der Waals surface area contributed by atoms with Gasteiger partial charge in [0.1, 0.15) is 18.0 Å². The molecular formula is C19H17F2N9O. The predicted molar refractivity (Wildman–Crippen MR) is 108 cm³/mol. The molecule has 10 nitrogen and oxygen atoms in total. The van der Waals surface area contributed by atoms with E-state index in [2.05, 4.69) is 40.7 Å². The molecule has 0 saturated carbocycles. The lowest BCUT2D eigenvalue weighted by Gasteiger charge is -2.15. The minimum absolute atomic E-state index is 0.161. The van der Waals surface area contributed by atoms with Crippen LogP contribution in [0.5, 0.6) is 0 Å². The number of anilines is 3. The summed E-state index contributed by atoms with van der Waals surface area (Å²) in [4.78, 5) is 31.9. The summed E-state index contributed by atoms with van der Waals surface area (Å²) in [6.07, 6.45) is 4.56. The van der Waals surface area contributed by atoms with Gasteiger partial charge >= 0.3 is 5.92 Å². The molecule has 0 aliphatic carbocycles. The van der Waals surface area contributed by atoms with Gasteiger partial charge < -0.3 is 10.6 Å². The van der Waals surface area contributed by atoms with E-state index in [1.165, 1.54) is 30.0 Å². The van der Waals surface area contributed by atoms with Gasteiger partial charge in [-0.05, 0) is 13.0 Å². The molecule has 0 aliphatic heterocycles. The van der Waals surface area contributed by atoms with Crippen LogP contribution in [0.2, 0.25) is 0 Å². The number of halogens is 2. The van der Waals surface area contributed by atoms with Crippen LogP contribution in [-0.4, -0.2) is 40.4 Å². The third kappa shape index (κ3) is 4.42. The van der Waals surface area contributed by atoms with Crippen LogP contribution in [0.15, 0.2) is 36.9 Å². The Morgan fingerprint density at radius 3 is 2.68 bits per heavy atom. The molecule has 4 rings (SSSR count). The molecule has 0 saturated heterocycles. The first-order chi connectivity index (χ1) is 14.7. The molecule has 4 heterocycles. The molecule has 158 valence electrons. The summed E-state index contributed by atoms with van der Waals surface area (Å²) in [6, 6.07) is 4.80. The normalized spacial score (nSPS) is 11.5. The SMILES string of the molecule is CC(=O)Nc1cc(Nc2cc(C)nc(C(C)(F)F)n2)c(-c2ccn3ncnc3n2)cn1. The number of hydrogen-bond acceptors (Lipinski definition) is 8. The first-order valence-corrected chi connectivity index (χ1v) is 9.14. The molecule has 12 heteroatoms. The van der Waals surface area contributed by atoms with Crippen LogP contribution < -0.4 is 10.6 Å². The molecule has 0 atom stereocenters. The van der Waals surface area contributed by atoms with Crippen LogP contribution in [0.1, 0.15) is 25.4 Å². The summed E-state index contributed by atoms with van der Waals surface area (Å²) >= 11 is 0. The first-order valence-electron chi connectivity index (χ1n) is 9.14. The highest BCUT2D eigenvalue weighted by Crippen LogP contribution is 2.31. The van der Waals surface area contributed by atoms with E-state index in [0.717, 1.165) is 6.92 Å². The van der Waals surface area contributed by atoms with E-state index in [0.29, 0.717) is 28.4 Å². The summed E-state index contributed by atoms with van der Waals surface area (Å²) in [6.45, 7) is 3.68. The van der Waals surface area contributed by atoms with Crippen molar-refractivity contribution in [1.82, 2.24) is 34.5 Å². The predicted octanol–water partition coefficient (Wildman–Crippen LogP) is 3.10. The Labute approximate surface area is 174 Å². The van der Waals surface area contributed by atoms with Crippen molar-refractivity contribution in [3.8, 4) is 11.3 Å². The topological polar surface area (TPSA) is 123 Å². The van der Waals surface area contributed by atoms with E-state index >= 15 is 0 Å². The van der Waals surface area contributed by atoms with E-state index in [4.69, 9.17) is 0 Å². The molecule has 0 unspecified atom stereocenters. The molecule has 4 aromatic heterocycles. The lowest BCUT2D eigenvalue weighted by atomic mass is 10.1. The van der Waals surface area contributed by atoms with Crippen LogP contribution >= 0.6 is 0 Å². The van der Waals surface area contributed by atoms with Gasteiger partial charge in [-0.25, -0.2) is 24.5 Å². The standard InChI is InChI=1S/C19H17F2N9O/c1-10-6-16(29-17(25-10)19(3,20)21)27-14-7-15(26-11(2)31)22-8-12(14)13-4-5-30-18(28-13)23-9-24-30/h4-9H,1-3H3,(H2,22,25,26,27,29,31). The fraction of sp³-hybridized carbons (Fsp3) is 0.211. The number of nitrogens with zero attached hydrogens (tertiary/aromatic N) is 7. The lowest BCUT2D eigenvalue weighted by Crippen LogP contribution is -2.14. The van der Waals surface area contributed by atoms with Gasteiger partial charge in [0.15, 0.2) is 0 Å². The highest BCUT2D eigenvalue weighted by molar-refractivity contribution is 5.89. The highest BCUT2D eigenvalue weighted by Gasteiger charge is 2.29. The van der Waals surface area contributed by atoms with Crippen molar-refractivity contribution >= 4 is 29.0 Å². The number of aromatic nitrogens is 7. The summed E-state index contributed by atoms with van der Waals surface area (Å²) < 4.78 is 29.1. The molecule has 4 aromatic rings. The Morgan fingerprint density at radius 1 is 1.13 bits per heavy atom. The smallest absolute Gasteiger partial charge is 0.303 e. The van der Waals surface area contributed by atoms with E-state index in [1.807, 2.05) is 0 Å². The van der Waals surface area contributed by atoms with Crippen LogP contribution in [0.25, 0.3) is 17.0 Å². The van der Waals surface area contributed by atoms with E-state index in [1.54, 1.807) is 25.3 Å². The number of carbonyl (C=O) groups excluding carboxylic acids is 1. The summed E-state index contributed by atoms with van der Waals surface area (Å²) in [5.41, 5.74) is 1.87. The Hall–Kier alpha value is -4.09. The monoisotopic (exact) mass is 425 g/mol. The number of carbonyl (C=O) groups is 1. The third-order valence-electron chi connectivity index (χ3n) is 4.14. The Bertz CT molecular complexity index is 1280. The van der Waals surface area contributed by atoms with Crippen molar-refractivity contribution in [2.75, 3.05) is 10.6 Å². The maximum absolute atomic E-state index is 13.8. The molecular weight excluding hydrogens is 408 g/mol. The largest absolute Gasteiger partial charge is 0.339 e. The molecule has 0 spiro atoms. The Kier molecular flexibility index (Phi) is 4.97. The van der Waals surface area contributed by atoms with Gasteiger partial charge in [0.2, 0.25) is 11.7 Å². The maximum atomic E-state index is 13.8. The zero-order valence-electron chi connectivity index (χ0n) is 16.8. The minimum atomic E-state index is -3.20. The minimum Gasteiger partial charge on any atom is -0.339 e. The molecule has 0 aliphatic rings. The summed E-state index contributed by atoms with van der Waals surface area (Å²) in [5, 5.41) is 9.62. The van der Waals surface area contributed by atoms with Crippen LogP contribution in [0, 0.1) is 6.92 Å². The molecule has 2 N–H and O–H groups in total. The number of hydrogen-bond donors (Lipinski definition) is 2. The number of pyridine rings is 1. The maximum Gasteiger partial charge on any atom is 0.303 e. The van der Waals surface area contributed by atoms with E-state index in [9.17, 15) is 13.6 Å². The zero-order valence-corrected chi connectivity index (χ0v) is 16.8. The third-order valence-corrected chi connectivity index (χ3v) is 4.14. The number of rotatable bonds is 5. The van der Waals surface area contributed by atoms with Crippen LogP contribution in [0.4, 0.5) is 26.1 Å². The number of nitrogens with one attached hydrogen (secondary N) is 2. The second-order valence-corrected chi connectivity index (χ2v) is 6.85. The number of aryl methyl sites for hydroxylation is 1. The van der Waals surface area contributed by atoms with Crippen LogP contribution in [-0.2, 0) is 10.7 Å². The second-order valence-electron chi connectivity index (χ2n) is 6.85. The Morgan fingerprint density at radius 2 is 1.94 bits per heavy atom. The van der Waals surface area contributed by atoms with Crippen molar-refractivity contribution in [3.63, 3.8) is 0 Å². The van der Waals surface area contributed by atoms with Gasteiger partial charge in [0.25, 0.3) is 5.78 Å². The van der Waals surface area contributed by atoms with Gasteiger partial charge in [0, 0.05) is 49.6 Å². The van der Waals surface area contributed by atoms with E-state index < -0.39 is 11.7 Å². The fourth-order valence-electron chi connectivity index (χ4n) is 2.84. The quantitative estimate of drug-likeness (QED) is 0.500. The lowest BCUT2D eigenvalue weighted by molar-refractivity contribution is -0.114. The average Bonchev–Trinajstić information content (AvgIpc) is 3.14. The molecule has 1 amide bonds. The summed E-state index contributed by atoms with van der Waals surface area (Å²) in [5.74, 6) is -3.30. The average molecular weight is 425 g/mol. The van der Waals surface area contributed by atoms with Crippen molar-refractivity contribution in [3.05, 3.63) is 48.4 Å². The van der Waals surface area contributed by atoms with Gasteiger partial charge in [0.05, 0.1) is 11.4 Å². The van der Waals surface area contributed by atoms with Crippen LogP contribution in [0.3, 0.4) is 0 Å². The van der Waals surface area contributed by atoms with E-state index in [-0.39, 0.29) is 17.5 Å². The van der Waals surface area contributed by atoms with Gasteiger partial charge in [-0.15, -0.1) is 0 Å². The summed E-state index contributed by atoms with van der Waals surface area (Å²) in [7, 11) is 0. The van der Waals surface area contributed by atoms with Crippen molar-refractivity contribution < 1.29 is 13.6 Å². The number of amides is 1. The number of alkyl halides is 2. The van der Waals surface area contributed by atoms with Gasteiger partial charge in [-0.3, -0.25) is 4.79 Å². The molecule has 0 radical (unpaired) electrons. The Balaban J connectivity index is 1.81. The zero-order chi connectivity index (χ0) is 22.2. The van der Waals surface area contributed by atoms with Crippen molar-refractivity contribution in [2.45, 2.75) is 26.7 Å². The molecule has 31 heavy (non-hydrogen) atoms. The van der Waals surface area contributed by atoms with Crippen molar-refractivity contribution in [1.29, 1.82) is 0 Å². The first kappa shape index (κ1) is 20.2. The molecule has 0 fully saturated rings. The van der Waals surface area contributed by atoms with Gasteiger partial charge in [-0.2, -0.15) is 18.9 Å². The molecule has 0 bridgehead atoms. The molecule has 0 aromatic carbocycles. The fourth-order valence-corrected chi connectivity index (χ4v) is 2.84.